The lowest BCUT2D eigenvalue weighted by atomic mass is 9.87. The van der Waals surface area contributed by atoms with Crippen LogP contribution in [0, 0.1) is 0 Å². The molecule has 3 heterocycles. The van der Waals surface area contributed by atoms with Crippen LogP contribution < -0.4 is 5.32 Å². The Morgan fingerprint density at radius 3 is 2.68 bits per heavy atom. The van der Waals surface area contributed by atoms with E-state index < -0.39 is 21.4 Å². The molecule has 2 saturated heterocycles. The number of likely N-dealkylation sites (tertiary alicyclic amines) is 1. The van der Waals surface area contributed by atoms with Gasteiger partial charge in [-0.05, 0) is 61.7 Å². The van der Waals surface area contributed by atoms with E-state index in [1.54, 1.807) is 23.5 Å². The van der Waals surface area contributed by atoms with E-state index >= 15 is 0 Å². The molecule has 1 spiro atoms. The summed E-state index contributed by atoms with van der Waals surface area (Å²) in [6.07, 6.45) is 2.54. The van der Waals surface area contributed by atoms with Crippen LogP contribution in [-0.4, -0.2) is 60.0 Å². The van der Waals surface area contributed by atoms with Crippen LogP contribution in [-0.2, 0) is 21.2 Å². The van der Waals surface area contributed by atoms with Crippen molar-refractivity contribution < 1.29 is 18.0 Å². The van der Waals surface area contributed by atoms with Gasteiger partial charge in [0.05, 0.1) is 27.2 Å². The molecule has 0 saturated carbocycles. The molecule has 1 aromatic heterocycles. The Hall–Kier alpha value is -2.82. The van der Waals surface area contributed by atoms with Gasteiger partial charge in [0.25, 0.3) is 5.91 Å². The standard InChI is InChI=1S/C24H26N4O4S2/c1-16(18-6-9-21-20(12-18)25-15-33-21)27-11-3-10-24(14-27)22(29)28(23(30)26-24)13-17-4-7-19(8-5-17)34(2,31)32/h4-9,12,15-16H,3,10-11,13-14H2,1-2H3,(H,26,30). The zero-order valence-corrected chi connectivity index (χ0v) is 20.7. The van der Waals surface area contributed by atoms with Crippen molar-refractivity contribution in [1.29, 1.82) is 0 Å². The van der Waals surface area contributed by atoms with Crippen molar-refractivity contribution in [3.63, 3.8) is 0 Å². The molecule has 3 aromatic rings. The first-order valence-electron chi connectivity index (χ1n) is 11.2. The van der Waals surface area contributed by atoms with E-state index in [0.29, 0.717) is 18.5 Å². The number of nitrogens with zero attached hydrogens (tertiary/aromatic N) is 3. The smallest absolute Gasteiger partial charge is 0.322 e. The van der Waals surface area contributed by atoms with E-state index in [2.05, 4.69) is 40.3 Å². The van der Waals surface area contributed by atoms with Crippen LogP contribution >= 0.6 is 11.3 Å². The number of nitrogens with one attached hydrogen (secondary N) is 1. The van der Waals surface area contributed by atoms with E-state index in [-0.39, 0.29) is 23.4 Å². The van der Waals surface area contributed by atoms with Crippen LogP contribution in [0.3, 0.4) is 0 Å². The lowest BCUT2D eigenvalue weighted by Gasteiger charge is -2.41. The topological polar surface area (TPSA) is 99.7 Å². The first-order valence-corrected chi connectivity index (χ1v) is 13.9. The number of amides is 3. The molecule has 0 aliphatic carbocycles. The normalized spacial score (nSPS) is 22.5. The molecule has 10 heteroatoms. The van der Waals surface area contributed by atoms with E-state index in [1.165, 1.54) is 17.0 Å². The van der Waals surface area contributed by atoms with Crippen LogP contribution in [0.2, 0.25) is 0 Å². The lowest BCUT2D eigenvalue weighted by molar-refractivity contribution is -0.134. The Labute approximate surface area is 202 Å². The van der Waals surface area contributed by atoms with E-state index in [1.807, 2.05) is 5.51 Å². The second-order valence-corrected chi connectivity index (χ2v) is 12.1. The van der Waals surface area contributed by atoms with E-state index in [9.17, 15) is 18.0 Å². The number of rotatable bonds is 5. The monoisotopic (exact) mass is 498 g/mol. The molecular formula is C24H26N4O4S2. The molecule has 3 amide bonds. The summed E-state index contributed by atoms with van der Waals surface area (Å²) in [7, 11) is -3.31. The fourth-order valence-corrected chi connectivity index (χ4v) is 6.18. The number of fused-ring (bicyclic) bond motifs is 1. The van der Waals surface area contributed by atoms with Crippen molar-refractivity contribution in [2.24, 2.45) is 0 Å². The van der Waals surface area contributed by atoms with E-state index in [4.69, 9.17) is 0 Å². The Morgan fingerprint density at radius 1 is 1.18 bits per heavy atom. The first-order chi connectivity index (χ1) is 16.2. The third-order valence-electron chi connectivity index (χ3n) is 6.84. The Morgan fingerprint density at radius 2 is 1.94 bits per heavy atom. The minimum absolute atomic E-state index is 0.0746. The van der Waals surface area contributed by atoms with Gasteiger partial charge >= 0.3 is 6.03 Å². The van der Waals surface area contributed by atoms with Crippen LogP contribution in [0.4, 0.5) is 4.79 Å². The predicted molar refractivity (Wildman–Crippen MR) is 130 cm³/mol. The molecule has 8 nitrogen and oxygen atoms in total. The summed E-state index contributed by atoms with van der Waals surface area (Å²) in [4.78, 5) is 34.4. The zero-order valence-electron chi connectivity index (χ0n) is 19.0. The highest BCUT2D eigenvalue weighted by molar-refractivity contribution is 7.90. The highest BCUT2D eigenvalue weighted by Gasteiger charge is 2.53. The fourth-order valence-electron chi connectivity index (χ4n) is 4.89. The molecule has 2 aliphatic rings. The van der Waals surface area contributed by atoms with Gasteiger partial charge < -0.3 is 5.32 Å². The van der Waals surface area contributed by atoms with Crippen LogP contribution in [0.25, 0.3) is 10.2 Å². The molecule has 34 heavy (non-hydrogen) atoms. The zero-order chi connectivity index (χ0) is 24.1. The Kier molecular flexibility index (Phi) is 5.70. The number of imide groups is 1. The van der Waals surface area contributed by atoms with Gasteiger partial charge in [0, 0.05) is 18.8 Å². The third-order valence-corrected chi connectivity index (χ3v) is 8.78. The summed E-state index contributed by atoms with van der Waals surface area (Å²) in [5.74, 6) is -0.225. The Balaban J connectivity index is 1.33. The minimum Gasteiger partial charge on any atom is -0.322 e. The Bertz CT molecular complexity index is 1370. The molecule has 1 N–H and O–H groups in total. The average molecular weight is 499 g/mol. The van der Waals surface area contributed by atoms with Gasteiger partial charge in [-0.3, -0.25) is 14.6 Å². The maximum Gasteiger partial charge on any atom is 0.325 e. The van der Waals surface area contributed by atoms with Crippen molar-refractivity contribution in [1.82, 2.24) is 20.1 Å². The maximum absolute atomic E-state index is 13.5. The number of urea groups is 1. The quantitative estimate of drug-likeness (QED) is 0.542. The van der Waals surface area contributed by atoms with Gasteiger partial charge in [0.15, 0.2) is 9.84 Å². The molecule has 0 bridgehead atoms. The number of thiazole rings is 1. The number of carbonyl (C=O) groups is 2. The SMILES string of the molecule is CC(c1ccc2scnc2c1)N1CCCC2(C1)NC(=O)N(Cc1ccc(S(C)(=O)=O)cc1)C2=O. The average Bonchev–Trinajstić information content (AvgIpc) is 3.36. The van der Waals surface area contributed by atoms with Gasteiger partial charge in [-0.2, -0.15) is 0 Å². The number of piperidine rings is 1. The molecular weight excluding hydrogens is 472 g/mol. The highest BCUT2D eigenvalue weighted by Crippen LogP contribution is 2.34. The predicted octanol–water partition coefficient (Wildman–Crippen LogP) is 3.35. The second kappa shape index (κ2) is 8.44. The van der Waals surface area contributed by atoms with Crippen molar-refractivity contribution in [2.45, 2.75) is 42.8 Å². The highest BCUT2D eigenvalue weighted by atomic mass is 32.2. The molecule has 2 atom stereocenters. The van der Waals surface area contributed by atoms with Gasteiger partial charge in [0.1, 0.15) is 5.54 Å². The summed E-state index contributed by atoms with van der Waals surface area (Å²) >= 11 is 1.61. The summed E-state index contributed by atoms with van der Waals surface area (Å²) in [5, 5.41) is 2.98. The summed E-state index contributed by atoms with van der Waals surface area (Å²) < 4.78 is 24.5. The summed E-state index contributed by atoms with van der Waals surface area (Å²) in [5.41, 5.74) is 3.70. The van der Waals surface area contributed by atoms with Crippen molar-refractivity contribution in [3.8, 4) is 0 Å². The first kappa shape index (κ1) is 22.9. The molecule has 2 aliphatic heterocycles. The molecule has 2 fully saturated rings. The molecule has 5 rings (SSSR count). The molecule has 178 valence electrons. The van der Waals surface area contributed by atoms with Gasteiger partial charge in [-0.15, -0.1) is 11.3 Å². The van der Waals surface area contributed by atoms with E-state index in [0.717, 1.165) is 35.0 Å². The van der Waals surface area contributed by atoms with Crippen LogP contribution in [0.5, 0.6) is 0 Å². The van der Waals surface area contributed by atoms with Crippen LogP contribution in [0.15, 0.2) is 52.9 Å². The summed E-state index contributed by atoms with van der Waals surface area (Å²) in [6, 6.07) is 12.2. The largest absolute Gasteiger partial charge is 0.325 e. The van der Waals surface area contributed by atoms with Crippen molar-refractivity contribution >= 4 is 43.3 Å². The second-order valence-electron chi connectivity index (χ2n) is 9.15. The summed E-state index contributed by atoms with van der Waals surface area (Å²) in [6.45, 7) is 3.51. The number of hydrogen-bond donors (Lipinski definition) is 1. The molecule has 2 aromatic carbocycles. The van der Waals surface area contributed by atoms with Crippen molar-refractivity contribution in [3.05, 3.63) is 59.1 Å². The van der Waals surface area contributed by atoms with Crippen LogP contribution in [0.1, 0.15) is 36.9 Å². The third kappa shape index (κ3) is 4.10. The number of benzene rings is 2. The number of carbonyl (C=O) groups excluding carboxylic acids is 2. The lowest BCUT2D eigenvalue weighted by Crippen LogP contribution is -2.58. The number of hydrogen-bond acceptors (Lipinski definition) is 7. The molecule has 0 radical (unpaired) electrons. The van der Waals surface area contributed by atoms with Gasteiger partial charge in [0.2, 0.25) is 0 Å². The van der Waals surface area contributed by atoms with Crippen molar-refractivity contribution in [2.75, 3.05) is 19.3 Å². The maximum atomic E-state index is 13.5. The fraction of sp³-hybridized carbons (Fsp3) is 0.375. The van der Waals surface area contributed by atoms with Gasteiger partial charge in [-0.1, -0.05) is 18.2 Å². The number of sulfone groups is 1. The number of aromatic nitrogens is 1. The molecule has 2 unspecified atom stereocenters. The van der Waals surface area contributed by atoms with Gasteiger partial charge in [-0.25, -0.2) is 18.2 Å². The minimum atomic E-state index is -3.31.